The zero-order chi connectivity index (χ0) is 30.4. The quantitative estimate of drug-likeness (QED) is 0.235. The van der Waals surface area contributed by atoms with E-state index in [9.17, 15) is 18.6 Å². The number of rotatable bonds is 8. The minimum Gasteiger partial charge on any atom is -0.417 e. The molecule has 3 aliphatic rings. The van der Waals surface area contributed by atoms with Crippen LogP contribution in [0.25, 0.3) is 0 Å². The Balaban J connectivity index is 1.48. The van der Waals surface area contributed by atoms with Crippen LogP contribution >= 0.6 is 0 Å². The summed E-state index contributed by atoms with van der Waals surface area (Å²) >= 11 is 0. The fourth-order valence-corrected chi connectivity index (χ4v) is 9.58. The number of aryl methyl sites for hydroxylation is 1. The van der Waals surface area contributed by atoms with Gasteiger partial charge in [0.1, 0.15) is 0 Å². The zero-order valence-corrected chi connectivity index (χ0v) is 28.4. The lowest BCUT2D eigenvalue weighted by Gasteiger charge is -2.55. The van der Waals surface area contributed by atoms with Crippen molar-refractivity contribution >= 4 is 24.1 Å². The Labute approximate surface area is 249 Å². The summed E-state index contributed by atoms with van der Waals surface area (Å²) in [5.41, 5.74) is 1.43. The van der Waals surface area contributed by atoms with E-state index in [1.165, 1.54) is 0 Å². The number of sulfonamides is 1. The van der Waals surface area contributed by atoms with Gasteiger partial charge in [0.05, 0.1) is 17.1 Å². The second-order valence-electron chi connectivity index (χ2n) is 15.2. The van der Waals surface area contributed by atoms with Crippen molar-refractivity contribution in [3.63, 3.8) is 0 Å². The number of benzene rings is 1. The number of hydrogen-bond acceptors (Lipinski definition) is 6. The molecule has 1 aromatic carbocycles. The first-order valence-corrected chi connectivity index (χ1v) is 20.0. The first-order chi connectivity index (χ1) is 18.9. The number of aliphatic hydroxyl groups is 2. The topological polar surface area (TPSA) is 108 Å². The molecule has 7 atom stereocenters. The molecule has 232 valence electrons. The van der Waals surface area contributed by atoms with Crippen LogP contribution in [-0.4, -0.2) is 51.5 Å². The Hall–Kier alpha value is -1.26. The molecule has 7 nitrogen and oxygen atoms in total. The van der Waals surface area contributed by atoms with E-state index < -0.39 is 24.4 Å². The highest BCUT2D eigenvalue weighted by Crippen LogP contribution is 2.59. The molecule has 3 aliphatic carbocycles. The molecule has 4 rings (SSSR count). The highest BCUT2D eigenvalue weighted by Gasteiger charge is 2.57. The van der Waals surface area contributed by atoms with Gasteiger partial charge in [-0.2, -0.15) is 13.5 Å². The van der Waals surface area contributed by atoms with Crippen molar-refractivity contribution in [1.82, 2.24) is 4.83 Å². The molecule has 0 spiro atoms. The minimum atomic E-state index is -3.75. The molecule has 0 heterocycles. The van der Waals surface area contributed by atoms with E-state index in [0.29, 0.717) is 13.0 Å². The molecule has 0 aliphatic heterocycles. The summed E-state index contributed by atoms with van der Waals surface area (Å²) in [4.78, 5) is 2.69. The van der Waals surface area contributed by atoms with Crippen molar-refractivity contribution in [1.29, 1.82) is 0 Å². The minimum absolute atomic E-state index is 0.0386. The highest BCUT2D eigenvalue weighted by molar-refractivity contribution is 7.89. The molecule has 0 amide bonds. The fraction of sp³-hybridized carbons (Fsp3) is 0.781. The average Bonchev–Trinajstić information content (AvgIpc) is 3.21. The normalized spacial score (nSPS) is 35.9. The molecule has 3 N–H and O–H groups in total. The summed E-state index contributed by atoms with van der Waals surface area (Å²) < 4.78 is 32.4. The Morgan fingerprint density at radius 1 is 1.05 bits per heavy atom. The van der Waals surface area contributed by atoms with E-state index in [1.54, 1.807) is 24.3 Å². The van der Waals surface area contributed by atoms with Crippen molar-refractivity contribution < 1.29 is 23.1 Å². The Kier molecular flexibility index (Phi) is 9.30. The number of nitrogens with one attached hydrogen (secondary N) is 1. The molecular formula is C32H54N2O5SSi. The predicted octanol–water partition coefficient (Wildman–Crippen LogP) is 6.40. The van der Waals surface area contributed by atoms with Gasteiger partial charge in [0, 0.05) is 17.7 Å². The number of nitrogens with zero attached hydrogens (tertiary/aromatic N) is 1. The first kappa shape index (κ1) is 32.6. The Morgan fingerprint density at radius 3 is 2.34 bits per heavy atom. The van der Waals surface area contributed by atoms with Crippen molar-refractivity contribution in [2.75, 3.05) is 6.61 Å². The summed E-state index contributed by atoms with van der Waals surface area (Å²) in [7, 11) is -5.62. The van der Waals surface area contributed by atoms with Crippen molar-refractivity contribution in [3.8, 4) is 0 Å². The molecule has 0 bridgehead atoms. The van der Waals surface area contributed by atoms with E-state index in [-0.39, 0.29) is 44.6 Å². The fourth-order valence-electron chi connectivity index (χ4n) is 7.69. The van der Waals surface area contributed by atoms with Crippen LogP contribution < -0.4 is 4.83 Å². The van der Waals surface area contributed by atoms with Crippen LogP contribution in [0.4, 0.5) is 0 Å². The van der Waals surface area contributed by atoms with Crippen LogP contribution in [-0.2, 0) is 14.4 Å². The third-order valence-corrected chi connectivity index (χ3v) is 17.5. The maximum atomic E-state index is 12.9. The number of hydrazone groups is 1. The zero-order valence-electron chi connectivity index (χ0n) is 26.5. The molecule has 2 unspecified atom stereocenters. The smallest absolute Gasteiger partial charge is 0.276 e. The van der Waals surface area contributed by atoms with Gasteiger partial charge in [-0.1, -0.05) is 52.3 Å². The van der Waals surface area contributed by atoms with Crippen LogP contribution in [0.5, 0.6) is 0 Å². The first-order valence-electron chi connectivity index (χ1n) is 15.6. The molecule has 1 aromatic rings. The van der Waals surface area contributed by atoms with Gasteiger partial charge in [-0.3, -0.25) is 0 Å². The van der Waals surface area contributed by atoms with E-state index in [2.05, 4.69) is 57.6 Å². The van der Waals surface area contributed by atoms with Crippen LogP contribution in [0, 0.1) is 35.5 Å². The van der Waals surface area contributed by atoms with E-state index in [0.717, 1.165) is 56.2 Å². The average molecular weight is 607 g/mol. The molecule has 0 radical (unpaired) electrons. The van der Waals surface area contributed by atoms with Gasteiger partial charge in [-0.25, -0.2) is 4.83 Å². The summed E-state index contributed by atoms with van der Waals surface area (Å²) in [5.74, 6) is 0.460. The maximum Gasteiger partial charge on any atom is 0.276 e. The predicted molar refractivity (Wildman–Crippen MR) is 168 cm³/mol. The van der Waals surface area contributed by atoms with Gasteiger partial charge < -0.3 is 14.6 Å². The van der Waals surface area contributed by atoms with E-state index >= 15 is 0 Å². The van der Waals surface area contributed by atoms with E-state index in [1.807, 2.05) is 6.92 Å². The maximum absolute atomic E-state index is 12.9. The van der Waals surface area contributed by atoms with Gasteiger partial charge in [-0.05, 0) is 112 Å². The van der Waals surface area contributed by atoms with Crippen molar-refractivity contribution in [3.05, 3.63) is 29.8 Å². The monoisotopic (exact) mass is 606 g/mol. The standard InChI is InChI=1S/C32H54N2O5SSi/c1-22-9-11-25(12-10-22)40(37,38)34-33-28-14-13-26-29(36)27(16-19-32(26,28)6)31(5)18-15-24(35)21-23(31)17-20-39-41(7,8)30(2,3)4/h9-12,23-24,26-27,29,34-36H,13-21H2,1-8H3/t23-,24-,26?,27?,29-,31-,32-/m0/s1. The summed E-state index contributed by atoms with van der Waals surface area (Å²) in [6, 6.07) is 6.76. The lowest BCUT2D eigenvalue weighted by molar-refractivity contribution is -0.118. The molecule has 3 fully saturated rings. The second kappa shape index (κ2) is 11.7. The Bertz CT molecular complexity index is 1210. The van der Waals surface area contributed by atoms with Crippen LogP contribution in [0.3, 0.4) is 0 Å². The third kappa shape index (κ3) is 6.49. The van der Waals surface area contributed by atoms with Gasteiger partial charge in [0.2, 0.25) is 0 Å². The number of fused-ring (bicyclic) bond motifs is 1. The second-order valence-corrected chi connectivity index (χ2v) is 21.7. The van der Waals surface area contributed by atoms with Gasteiger partial charge in [0.25, 0.3) is 10.0 Å². The Morgan fingerprint density at radius 2 is 1.71 bits per heavy atom. The lowest BCUT2D eigenvalue weighted by Crippen LogP contribution is -2.54. The molecule has 0 aromatic heterocycles. The van der Waals surface area contributed by atoms with Crippen LogP contribution in [0.2, 0.25) is 18.1 Å². The third-order valence-electron chi connectivity index (χ3n) is 11.7. The van der Waals surface area contributed by atoms with Crippen LogP contribution in [0.15, 0.2) is 34.3 Å². The SMILES string of the molecule is Cc1ccc(S(=O)(=O)NN=C2CCC3[C@H](O)C([C@@]4(C)CC[C@H](O)C[C@@H]4CCO[Si](C)(C)C(C)(C)C)CC[C@]23C)cc1. The summed E-state index contributed by atoms with van der Waals surface area (Å²) in [6.45, 7) is 18.5. The van der Waals surface area contributed by atoms with Gasteiger partial charge >= 0.3 is 0 Å². The highest BCUT2D eigenvalue weighted by atomic mass is 32.2. The summed E-state index contributed by atoms with van der Waals surface area (Å²) in [6.07, 6.45) is 5.78. The molecule has 41 heavy (non-hydrogen) atoms. The van der Waals surface area contributed by atoms with Gasteiger partial charge in [-0.15, -0.1) is 0 Å². The van der Waals surface area contributed by atoms with E-state index in [4.69, 9.17) is 4.43 Å². The lowest BCUT2D eigenvalue weighted by atomic mass is 9.51. The molecule has 3 saturated carbocycles. The number of hydrogen-bond donors (Lipinski definition) is 3. The van der Waals surface area contributed by atoms with Crippen LogP contribution in [0.1, 0.15) is 91.5 Å². The van der Waals surface area contributed by atoms with Gasteiger partial charge in [0.15, 0.2) is 8.32 Å². The largest absolute Gasteiger partial charge is 0.417 e. The molecule has 9 heteroatoms. The molecule has 0 saturated heterocycles. The number of aliphatic hydroxyl groups excluding tert-OH is 2. The molecular weight excluding hydrogens is 553 g/mol. The summed E-state index contributed by atoms with van der Waals surface area (Å²) in [5, 5.41) is 27.2. The van der Waals surface area contributed by atoms with Crippen molar-refractivity contribution in [2.24, 2.45) is 33.7 Å². The van der Waals surface area contributed by atoms with Crippen molar-refractivity contribution in [2.45, 2.75) is 128 Å².